The zero-order valence-corrected chi connectivity index (χ0v) is 17.6. The first-order valence-corrected chi connectivity index (χ1v) is 10.7. The molecule has 1 spiro atoms. The number of methoxy groups -OCH3 is 1. The maximum Gasteiger partial charge on any atom is 0.409 e. The third-order valence-corrected chi connectivity index (χ3v) is 6.77. The van der Waals surface area contributed by atoms with Gasteiger partial charge in [0.05, 0.1) is 19.2 Å². The fraction of sp³-hybridized carbons (Fsp3) is 0.450. The molecule has 1 saturated heterocycles. The maximum absolute atomic E-state index is 13.1. The molecule has 1 unspecified atom stereocenters. The molecule has 1 atom stereocenters. The molecule has 2 aromatic rings. The summed E-state index contributed by atoms with van der Waals surface area (Å²) in [4.78, 5) is 33.1. The van der Waals surface area contributed by atoms with Crippen LogP contribution in [-0.2, 0) is 27.8 Å². The van der Waals surface area contributed by atoms with Crippen LogP contribution in [0.1, 0.15) is 22.7 Å². The van der Waals surface area contributed by atoms with Crippen LogP contribution in [0.2, 0.25) is 5.02 Å². The molecule has 2 amide bonds. The summed E-state index contributed by atoms with van der Waals surface area (Å²) in [7, 11) is 1.38. The number of hydrogen-bond acceptors (Lipinski definition) is 6. The van der Waals surface area contributed by atoms with Crippen molar-refractivity contribution in [1.29, 1.82) is 0 Å². The molecule has 1 aromatic heterocycles. The highest BCUT2D eigenvalue weighted by molar-refractivity contribution is 7.09. The second-order valence-electron chi connectivity index (χ2n) is 7.45. The SMILES string of the molecule is COC(=O)N1CCC2(C1)CN(C(=O)Cc1nc(CCO)cs1)c1ccc(Cl)cc12. The van der Waals surface area contributed by atoms with Gasteiger partial charge in [0.25, 0.3) is 0 Å². The number of thiazole rings is 1. The summed E-state index contributed by atoms with van der Waals surface area (Å²) in [5, 5.41) is 12.3. The van der Waals surface area contributed by atoms with E-state index in [2.05, 4.69) is 4.98 Å². The third kappa shape index (κ3) is 3.72. The van der Waals surface area contributed by atoms with E-state index in [4.69, 9.17) is 21.4 Å². The minimum absolute atomic E-state index is 0.0353. The lowest BCUT2D eigenvalue weighted by atomic mass is 9.81. The second kappa shape index (κ2) is 7.93. The summed E-state index contributed by atoms with van der Waals surface area (Å²) >= 11 is 7.69. The number of carbonyl (C=O) groups excluding carboxylic acids is 2. The summed E-state index contributed by atoms with van der Waals surface area (Å²) in [6.07, 6.45) is 1.09. The number of nitrogens with zero attached hydrogens (tertiary/aromatic N) is 3. The Morgan fingerprint density at radius 2 is 2.21 bits per heavy atom. The van der Waals surface area contributed by atoms with Crippen LogP contribution in [0.15, 0.2) is 23.6 Å². The molecule has 0 radical (unpaired) electrons. The molecule has 2 aliphatic rings. The van der Waals surface area contributed by atoms with Crippen LogP contribution in [0, 0.1) is 0 Å². The Bertz CT molecular complexity index is 950. The number of likely N-dealkylation sites (tertiary alicyclic amines) is 1. The summed E-state index contributed by atoms with van der Waals surface area (Å²) < 4.78 is 4.88. The Balaban J connectivity index is 1.59. The van der Waals surface area contributed by atoms with Gasteiger partial charge in [-0.05, 0) is 30.2 Å². The molecule has 0 bridgehead atoms. The molecule has 7 nitrogen and oxygen atoms in total. The number of fused-ring (bicyclic) bond motifs is 2. The molecule has 0 aliphatic carbocycles. The first-order chi connectivity index (χ1) is 14.0. The zero-order valence-electron chi connectivity index (χ0n) is 16.1. The lowest BCUT2D eigenvalue weighted by Gasteiger charge is -2.25. The fourth-order valence-corrected chi connectivity index (χ4v) is 5.25. The highest BCUT2D eigenvalue weighted by Crippen LogP contribution is 2.47. The van der Waals surface area contributed by atoms with Gasteiger partial charge in [-0.15, -0.1) is 11.3 Å². The van der Waals surface area contributed by atoms with Crippen molar-refractivity contribution < 1.29 is 19.4 Å². The van der Waals surface area contributed by atoms with Gasteiger partial charge in [-0.25, -0.2) is 9.78 Å². The van der Waals surface area contributed by atoms with Crippen LogP contribution >= 0.6 is 22.9 Å². The van der Waals surface area contributed by atoms with Gasteiger partial charge in [0.2, 0.25) is 5.91 Å². The summed E-state index contributed by atoms with van der Waals surface area (Å²) in [6, 6.07) is 5.58. The van der Waals surface area contributed by atoms with Crippen LogP contribution in [0.25, 0.3) is 0 Å². The van der Waals surface area contributed by atoms with Gasteiger partial charge in [0, 0.05) is 54.2 Å². The molecule has 1 aromatic carbocycles. The predicted molar refractivity (Wildman–Crippen MR) is 111 cm³/mol. The maximum atomic E-state index is 13.1. The number of benzene rings is 1. The molecule has 2 aliphatic heterocycles. The van der Waals surface area contributed by atoms with E-state index >= 15 is 0 Å². The lowest BCUT2D eigenvalue weighted by molar-refractivity contribution is -0.118. The van der Waals surface area contributed by atoms with Crippen LogP contribution in [0.5, 0.6) is 0 Å². The normalized spacial score (nSPS) is 20.4. The Morgan fingerprint density at radius 3 is 2.97 bits per heavy atom. The number of aliphatic hydroxyl groups excluding tert-OH is 1. The van der Waals surface area contributed by atoms with Crippen molar-refractivity contribution >= 4 is 40.6 Å². The van der Waals surface area contributed by atoms with E-state index < -0.39 is 0 Å². The van der Waals surface area contributed by atoms with E-state index in [0.717, 1.165) is 28.4 Å². The summed E-state index contributed by atoms with van der Waals surface area (Å²) in [5.74, 6) is -0.0353. The zero-order chi connectivity index (χ0) is 20.6. The quantitative estimate of drug-likeness (QED) is 0.798. The van der Waals surface area contributed by atoms with Crippen molar-refractivity contribution in [2.24, 2.45) is 0 Å². The molecule has 3 heterocycles. The highest BCUT2D eigenvalue weighted by atomic mass is 35.5. The van der Waals surface area contributed by atoms with Gasteiger partial charge in [-0.1, -0.05) is 11.6 Å². The van der Waals surface area contributed by atoms with Gasteiger partial charge in [0.15, 0.2) is 0 Å². The average molecular weight is 436 g/mol. The van der Waals surface area contributed by atoms with Gasteiger partial charge in [-0.2, -0.15) is 0 Å². The molecule has 154 valence electrons. The van der Waals surface area contributed by atoms with Gasteiger partial charge in [0.1, 0.15) is 5.01 Å². The van der Waals surface area contributed by atoms with Crippen LogP contribution in [0.3, 0.4) is 0 Å². The minimum Gasteiger partial charge on any atom is -0.453 e. The van der Waals surface area contributed by atoms with E-state index in [-0.39, 0.29) is 30.4 Å². The fourth-order valence-electron chi connectivity index (χ4n) is 4.25. The number of anilines is 1. The van der Waals surface area contributed by atoms with Crippen molar-refractivity contribution in [3.8, 4) is 0 Å². The van der Waals surface area contributed by atoms with E-state index in [9.17, 15) is 9.59 Å². The lowest BCUT2D eigenvalue weighted by Crippen LogP contribution is -2.40. The van der Waals surface area contributed by atoms with Gasteiger partial charge in [-0.3, -0.25) is 4.79 Å². The Hall–Kier alpha value is -2.16. The number of aliphatic hydroxyl groups is 1. The molecule has 0 saturated carbocycles. The smallest absolute Gasteiger partial charge is 0.409 e. The predicted octanol–water partition coefficient (Wildman–Crippen LogP) is 2.63. The van der Waals surface area contributed by atoms with Crippen LogP contribution in [-0.4, -0.2) is 60.3 Å². The Kier molecular flexibility index (Phi) is 5.50. The topological polar surface area (TPSA) is 83.0 Å². The monoisotopic (exact) mass is 435 g/mol. The van der Waals surface area contributed by atoms with Gasteiger partial charge >= 0.3 is 6.09 Å². The van der Waals surface area contributed by atoms with Crippen molar-refractivity contribution in [2.75, 3.05) is 38.3 Å². The Labute approximate surface area is 177 Å². The first kappa shape index (κ1) is 20.1. The Morgan fingerprint density at radius 1 is 1.38 bits per heavy atom. The number of amides is 2. The number of carbonyl (C=O) groups is 2. The van der Waals surface area contributed by atoms with Crippen molar-refractivity contribution in [3.63, 3.8) is 0 Å². The highest BCUT2D eigenvalue weighted by Gasteiger charge is 2.50. The minimum atomic E-state index is -0.352. The van der Waals surface area contributed by atoms with Crippen molar-refractivity contribution in [3.05, 3.63) is 44.9 Å². The summed E-state index contributed by atoms with van der Waals surface area (Å²) in [6.45, 7) is 1.62. The van der Waals surface area contributed by atoms with Gasteiger partial charge < -0.3 is 19.6 Å². The van der Waals surface area contributed by atoms with Crippen molar-refractivity contribution in [2.45, 2.75) is 24.7 Å². The molecular formula is C20H22ClN3O4S. The second-order valence-corrected chi connectivity index (χ2v) is 8.83. The molecule has 1 fully saturated rings. The standard InChI is InChI=1S/C20H22ClN3O4S/c1-28-19(27)23-6-5-20(11-23)12-24(16-3-2-13(21)8-15(16)20)18(26)9-17-22-14(4-7-25)10-29-17/h2-3,8,10,25H,4-7,9,11-12H2,1H3. The van der Waals surface area contributed by atoms with Crippen molar-refractivity contribution in [1.82, 2.24) is 9.88 Å². The number of ether oxygens (including phenoxy) is 1. The van der Waals surface area contributed by atoms with Crippen LogP contribution in [0.4, 0.5) is 10.5 Å². The summed E-state index contributed by atoms with van der Waals surface area (Å²) in [5.41, 5.74) is 2.31. The number of hydrogen-bond donors (Lipinski definition) is 1. The number of aromatic nitrogens is 1. The average Bonchev–Trinajstić information content (AvgIpc) is 3.41. The molecule has 1 N–H and O–H groups in total. The third-order valence-electron chi connectivity index (χ3n) is 5.64. The largest absolute Gasteiger partial charge is 0.453 e. The molecule has 4 rings (SSSR count). The molecular weight excluding hydrogens is 414 g/mol. The van der Waals surface area contributed by atoms with E-state index in [1.807, 2.05) is 17.5 Å². The van der Waals surface area contributed by atoms with Crippen LogP contribution < -0.4 is 4.90 Å². The van der Waals surface area contributed by atoms with E-state index in [0.29, 0.717) is 31.1 Å². The first-order valence-electron chi connectivity index (χ1n) is 9.43. The van der Waals surface area contributed by atoms with E-state index in [1.54, 1.807) is 15.9 Å². The van der Waals surface area contributed by atoms with E-state index in [1.165, 1.54) is 18.4 Å². The molecule has 29 heavy (non-hydrogen) atoms. The number of halogens is 1. The number of rotatable bonds is 4. The molecule has 9 heteroatoms.